The third-order valence-corrected chi connectivity index (χ3v) is 5.50. The second-order valence-electron chi connectivity index (χ2n) is 6.38. The molecule has 0 atom stereocenters. The highest BCUT2D eigenvalue weighted by Crippen LogP contribution is 2.28. The summed E-state index contributed by atoms with van der Waals surface area (Å²) in [6.45, 7) is 4.94. The zero-order chi connectivity index (χ0) is 20.2. The first-order valence-electron chi connectivity index (χ1n) is 9.28. The average molecular weight is 407 g/mol. The Balaban J connectivity index is 1.50. The maximum absolute atomic E-state index is 5.81. The molecule has 0 fully saturated rings. The summed E-state index contributed by atoms with van der Waals surface area (Å²) in [7, 11) is 1.64. The Morgan fingerprint density at radius 1 is 1.00 bits per heavy atom. The summed E-state index contributed by atoms with van der Waals surface area (Å²) >= 11 is 1.53. The molecule has 4 aromatic rings. The summed E-state index contributed by atoms with van der Waals surface area (Å²) in [4.78, 5) is 0. The highest BCUT2D eigenvalue weighted by molar-refractivity contribution is 7.98. The van der Waals surface area contributed by atoms with Crippen molar-refractivity contribution in [1.82, 2.24) is 25.0 Å². The van der Waals surface area contributed by atoms with E-state index in [2.05, 4.69) is 50.9 Å². The van der Waals surface area contributed by atoms with Crippen LogP contribution in [-0.2, 0) is 12.3 Å². The average Bonchev–Trinajstić information content (AvgIpc) is 3.39. The zero-order valence-electron chi connectivity index (χ0n) is 16.5. The van der Waals surface area contributed by atoms with Gasteiger partial charge in [0.2, 0.25) is 11.8 Å². The third kappa shape index (κ3) is 4.02. The molecule has 0 amide bonds. The molecule has 0 aliphatic rings. The molecule has 0 aliphatic carbocycles. The van der Waals surface area contributed by atoms with Gasteiger partial charge < -0.3 is 13.7 Å². The molecule has 0 bridgehead atoms. The van der Waals surface area contributed by atoms with Crippen LogP contribution in [0.25, 0.3) is 22.8 Å². The lowest BCUT2D eigenvalue weighted by Gasteiger charge is -2.08. The van der Waals surface area contributed by atoms with Gasteiger partial charge in [-0.3, -0.25) is 0 Å². The molecule has 7 nitrogen and oxygen atoms in total. The fraction of sp³-hybridized carbons (Fsp3) is 0.238. The van der Waals surface area contributed by atoms with Crippen molar-refractivity contribution in [3.8, 4) is 28.6 Å². The van der Waals surface area contributed by atoms with Crippen LogP contribution in [0.2, 0.25) is 0 Å². The van der Waals surface area contributed by atoms with Gasteiger partial charge in [-0.15, -0.1) is 20.4 Å². The van der Waals surface area contributed by atoms with E-state index in [1.807, 2.05) is 36.4 Å². The summed E-state index contributed by atoms with van der Waals surface area (Å²) in [5, 5.41) is 17.9. The Hall–Kier alpha value is -3.13. The van der Waals surface area contributed by atoms with Gasteiger partial charge in [-0.25, -0.2) is 0 Å². The minimum absolute atomic E-state index is 0.487. The molecule has 4 rings (SSSR count). The van der Waals surface area contributed by atoms with E-state index in [9.17, 15) is 0 Å². The van der Waals surface area contributed by atoms with Crippen molar-refractivity contribution in [3.05, 3.63) is 60.0 Å². The monoisotopic (exact) mass is 407 g/mol. The molecule has 0 N–H and O–H groups in total. The number of ether oxygens (including phenoxy) is 1. The molecule has 0 saturated carbocycles. The van der Waals surface area contributed by atoms with Gasteiger partial charge in [0.05, 0.1) is 12.9 Å². The van der Waals surface area contributed by atoms with Gasteiger partial charge in [0, 0.05) is 17.7 Å². The van der Waals surface area contributed by atoms with E-state index in [4.69, 9.17) is 9.15 Å². The smallest absolute Gasteiger partial charge is 0.247 e. The van der Waals surface area contributed by atoms with Crippen LogP contribution in [0.3, 0.4) is 0 Å². The van der Waals surface area contributed by atoms with Crippen molar-refractivity contribution in [1.29, 1.82) is 0 Å². The molecular weight excluding hydrogens is 386 g/mol. The highest BCUT2D eigenvalue weighted by atomic mass is 32.2. The van der Waals surface area contributed by atoms with Gasteiger partial charge in [0.15, 0.2) is 11.0 Å². The number of hydrogen-bond donors (Lipinski definition) is 0. The van der Waals surface area contributed by atoms with Crippen molar-refractivity contribution in [3.63, 3.8) is 0 Å². The summed E-state index contributed by atoms with van der Waals surface area (Å²) < 4.78 is 13.1. The van der Waals surface area contributed by atoms with Crippen LogP contribution in [0.15, 0.2) is 58.1 Å². The van der Waals surface area contributed by atoms with Crippen molar-refractivity contribution in [2.45, 2.75) is 31.3 Å². The van der Waals surface area contributed by atoms with Gasteiger partial charge in [-0.1, -0.05) is 36.0 Å². The maximum atomic E-state index is 5.81. The first-order valence-corrected chi connectivity index (χ1v) is 10.3. The van der Waals surface area contributed by atoms with Gasteiger partial charge in [0.25, 0.3) is 0 Å². The number of nitrogens with zero attached hydrogens (tertiary/aromatic N) is 5. The van der Waals surface area contributed by atoms with Crippen LogP contribution in [0.1, 0.15) is 18.4 Å². The van der Waals surface area contributed by atoms with Crippen molar-refractivity contribution < 1.29 is 9.15 Å². The second-order valence-corrected chi connectivity index (χ2v) is 7.33. The van der Waals surface area contributed by atoms with E-state index in [1.54, 1.807) is 7.11 Å². The summed E-state index contributed by atoms with van der Waals surface area (Å²) in [5.74, 6) is 3.21. The molecule has 0 spiro atoms. The molecule has 29 heavy (non-hydrogen) atoms. The Morgan fingerprint density at radius 3 is 2.52 bits per heavy atom. The number of hydrogen-bond acceptors (Lipinski definition) is 7. The van der Waals surface area contributed by atoms with Crippen molar-refractivity contribution in [2.24, 2.45) is 0 Å². The summed E-state index contributed by atoms with van der Waals surface area (Å²) in [6, 6.07) is 15.7. The maximum Gasteiger partial charge on any atom is 0.247 e. The van der Waals surface area contributed by atoms with Crippen molar-refractivity contribution in [2.75, 3.05) is 7.11 Å². The van der Waals surface area contributed by atoms with Crippen LogP contribution < -0.4 is 4.74 Å². The molecule has 148 valence electrons. The first kappa shape index (κ1) is 19.2. The Bertz CT molecular complexity index is 1100. The number of aromatic nitrogens is 5. The molecular formula is C21H21N5O2S. The lowest BCUT2D eigenvalue weighted by Crippen LogP contribution is -2.00. The predicted octanol–water partition coefficient (Wildman–Crippen LogP) is 4.62. The summed E-state index contributed by atoms with van der Waals surface area (Å²) in [5.41, 5.74) is 3.12. The first-order chi connectivity index (χ1) is 14.2. The number of aryl methyl sites for hydroxylation is 1. The normalized spacial score (nSPS) is 11.0. The molecule has 0 saturated heterocycles. The van der Waals surface area contributed by atoms with Crippen LogP contribution in [0.4, 0.5) is 0 Å². The number of methoxy groups -OCH3 is 1. The molecule has 8 heteroatoms. The molecule has 0 unspecified atom stereocenters. The lowest BCUT2D eigenvalue weighted by atomic mass is 10.1. The topological polar surface area (TPSA) is 78.9 Å². The fourth-order valence-electron chi connectivity index (χ4n) is 2.99. The van der Waals surface area contributed by atoms with E-state index >= 15 is 0 Å². The Labute approximate surface area is 173 Å². The largest absolute Gasteiger partial charge is 0.497 e. The van der Waals surface area contributed by atoms with Gasteiger partial charge >= 0.3 is 0 Å². The standard InChI is InChI=1S/C21H21N5O2S/c1-4-26-19(17-8-6-5-7-14(17)2)23-25-21(26)29-13-18-22-24-20(28-18)15-9-11-16(27-3)12-10-15/h5-12H,4,13H2,1-3H3. The minimum atomic E-state index is 0.487. The number of thioether (sulfide) groups is 1. The van der Waals surface area contributed by atoms with Crippen LogP contribution in [0, 0.1) is 6.92 Å². The lowest BCUT2D eigenvalue weighted by molar-refractivity contribution is 0.415. The number of benzene rings is 2. The second kappa shape index (κ2) is 8.48. The van der Waals surface area contributed by atoms with Gasteiger partial charge in [-0.05, 0) is 43.7 Å². The molecule has 0 aliphatic heterocycles. The SMILES string of the molecule is CCn1c(SCc2nnc(-c3ccc(OC)cc3)o2)nnc1-c1ccccc1C. The van der Waals surface area contributed by atoms with Gasteiger partial charge in [-0.2, -0.15) is 0 Å². The molecule has 2 aromatic heterocycles. The van der Waals surface area contributed by atoms with Crippen molar-refractivity contribution >= 4 is 11.8 Å². The predicted molar refractivity (Wildman–Crippen MR) is 112 cm³/mol. The van der Waals surface area contributed by atoms with E-state index in [0.29, 0.717) is 17.5 Å². The Morgan fingerprint density at radius 2 is 1.79 bits per heavy atom. The van der Waals surface area contributed by atoms with Crippen LogP contribution >= 0.6 is 11.8 Å². The minimum Gasteiger partial charge on any atom is -0.497 e. The van der Waals surface area contributed by atoms with Crippen LogP contribution in [0.5, 0.6) is 5.75 Å². The molecule has 2 heterocycles. The van der Waals surface area contributed by atoms with E-state index in [0.717, 1.165) is 34.4 Å². The van der Waals surface area contributed by atoms with Gasteiger partial charge in [0.1, 0.15) is 5.75 Å². The van der Waals surface area contributed by atoms with E-state index < -0.39 is 0 Å². The molecule has 0 radical (unpaired) electrons. The Kier molecular flexibility index (Phi) is 5.62. The van der Waals surface area contributed by atoms with E-state index in [-0.39, 0.29) is 0 Å². The number of rotatable bonds is 7. The third-order valence-electron chi connectivity index (χ3n) is 4.55. The zero-order valence-corrected chi connectivity index (χ0v) is 17.3. The summed E-state index contributed by atoms with van der Waals surface area (Å²) in [6.07, 6.45) is 0. The fourth-order valence-corrected chi connectivity index (χ4v) is 3.83. The van der Waals surface area contributed by atoms with Crippen LogP contribution in [-0.4, -0.2) is 32.1 Å². The highest BCUT2D eigenvalue weighted by Gasteiger charge is 2.16. The molecule has 2 aromatic carbocycles. The van der Waals surface area contributed by atoms with E-state index in [1.165, 1.54) is 17.3 Å². The quantitative estimate of drug-likeness (QED) is 0.413.